The van der Waals surface area contributed by atoms with Crippen LogP contribution < -0.4 is 0 Å². The molecule has 5 aromatic rings. The zero-order valence-electron chi connectivity index (χ0n) is 17.8. The molecule has 1 heterocycles. The van der Waals surface area contributed by atoms with Gasteiger partial charge in [0.25, 0.3) is 0 Å². The van der Waals surface area contributed by atoms with Crippen molar-refractivity contribution in [2.75, 3.05) is 0 Å². The molecule has 4 aromatic carbocycles. The van der Waals surface area contributed by atoms with Gasteiger partial charge in [0, 0.05) is 10.9 Å². The number of hydrogen-bond acceptors (Lipinski definition) is 1. The van der Waals surface area contributed by atoms with Gasteiger partial charge in [0.15, 0.2) is 0 Å². The Labute approximate surface area is 189 Å². The lowest BCUT2D eigenvalue weighted by atomic mass is 10.0. The summed E-state index contributed by atoms with van der Waals surface area (Å²) >= 11 is 0. The molecule has 2 nitrogen and oxygen atoms in total. The Morgan fingerprint density at radius 2 is 1.24 bits per heavy atom. The molecule has 33 heavy (non-hydrogen) atoms. The first-order chi connectivity index (χ1) is 16.0. The van der Waals surface area contributed by atoms with E-state index in [2.05, 4.69) is 17.2 Å². The highest BCUT2D eigenvalue weighted by atomic mass is 19.4. The minimum absolute atomic E-state index is 0.0238. The van der Waals surface area contributed by atoms with Gasteiger partial charge in [-0.3, -0.25) is 4.68 Å². The fourth-order valence-electron chi connectivity index (χ4n) is 4.17. The Balaban J connectivity index is 1.60. The fraction of sp³-hybridized carbons (Fsp3) is 0.107. The van der Waals surface area contributed by atoms with Gasteiger partial charge in [-0.15, -0.1) is 0 Å². The van der Waals surface area contributed by atoms with E-state index in [0.29, 0.717) is 17.6 Å². The standard InChI is InChI=1S/C28H21F3N2/c29-28(30,31)25-13-7-12-24-26(25)32-33(19-22-10-5-2-6-11-22)27(24)23-16-14-21(15-17-23)18-20-8-3-1-4-9-20/h1-17H,18-19H2. The first-order valence-corrected chi connectivity index (χ1v) is 10.7. The van der Waals surface area contributed by atoms with E-state index in [0.717, 1.165) is 29.2 Å². The number of nitrogens with zero attached hydrogens (tertiary/aromatic N) is 2. The van der Waals surface area contributed by atoms with Crippen LogP contribution in [0, 0.1) is 0 Å². The van der Waals surface area contributed by atoms with Crippen LogP contribution in [0.15, 0.2) is 103 Å². The van der Waals surface area contributed by atoms with E-state index in [1.807, 2.05) is 72.8 Å². The van der Waals surface area contributed by atoms with Crippen molar-refractivity contribution in [2.45, 2.75) is 19.1 Å². The van der Waals surface area contributed by atoms with Crippen molar-refractivity contribution in [2.24, 2.45) is 0 Å². The lowest BCUT2D eigenvalue weighted by Gasteiger charge is -2.10. The third kappa shape index (κ3) is 4.40. The average molecular weight is 442 g/mol. The maximum Gasteiger partial charge on any atom is 0.418 e. The average Bonchev–Trinajstić information content (AvgIpc) is 3.18. The molecule has 0 fully saturated rings. The highest BCUT2D eigenvalue weighted by molar-refractivity contribution is 5.95. The van der Waals surface area contributed by atoms with E-state index >= 15 is 0 Å². The van der Waals surface area contributed by atoms with Crippen LogP contribution in [-0.4, -0.2) is 9.78 Å². The first-order valence-electron chi connectivity index (χ1n) is 10.7. The fourth-order valence-corrected chi connectivity index (χ4v) is 4.17. The maximum absolute atomic E-state index is 13.7. The minimum atomic E-state index is -4.47. The molecule has 0 aliphatic rings. The SMILES string of the molecule is FC(F)(F)c1cccc2c(-c3ccc(Cc4ccccc4)cc3)n(Cc3ccccc3)nc12. The van der Waals surface area contributed by atoms with Crippen molar-refractivity contribution in [3.63, 3.8) is 0 Å². The molecule has 0 amide bonds. The molecule has 0 unspecified atom stereocenters. The predicted octanol–water partition coefficient (Wildman–Crippen LogP) is 7.36. The second-order valence-corrected chi connectivity index (χ2v) is 8.05. The van der Waals surface area contributed by atoms with E-state index in [-0.39, 0.29) is 5.52 Å². The summed E-state index contributed by atoms with van der Waals surface area (Å²) in [6, 6.07) is 32.1. The van der Waals surface area contributed by atoms with Gasteiger partial charge >= 0.3 is 6.18 Å². The van der Waals surface area contributed by atoms with E-state index in [1.165, 1.54) is 11.6 Å². The van der Waals surface area contributed by atoms with Crippen LogP contribution in [0.4, 0.5) is 13.2 Å². The number of benzene rings is 4. The van der Waals surface area contributed by atoms with Gasteiger partial charge in [-0.25, -0.2) is 0 Å². The summed E-state index contributed by atoms with van der Waals surface area (Å²) in [6.45, 7) is 0.383. The van der Waals surface area contributed by atoms with E-state index in [9.17, 15) is 13.2 Å². The third-order valence-corrected chi connectivity index (χ3v) is 5.73. The zero-order chi connectivity index (χ0) is 22.8. The molecular weight excluding hydrogens is 421 g/mol. The molecule has 5 rings (SSSR count). The molecule has 0 aliphatic heterocycles. The van der Waals surface area contributed by atoms with Gasteiger partial charge in [0.1, 0.15) is 5.52 Å². The molecule has 164 valence electrons. The van der Waals surface area contributed by atoms with Gasteiger partial charge < -0.3 is 0 Å². The molecule has 0 atom stereocenters. The van der Waals surface area contributed by atoms with Gasteiger partial charge in [-0.05, 0) is 29.2 Å². The third-order valence-electron chi connectivity index (χ3n) is 5.73. The Hall–Kier alpha value is -3.86. The van der Waals surface area contributed by atoms with Crippen LogP contribution in [0.25, 0.3) is 22.2 Å². The summed E-state index contributed by atoms with van der Waals surface area (Å²) < 4.78 is 42.8. The molecule has 0 radical (unpaired) electrons. The van der Waals surface area contributed by atoms with Crippen LogP contribution in [-0.2, 0) is 19.1 Å². The van der Waals surface area contributed by atoms with Gasteiger partial charge in [-0.1, -0.05) is 97.1 Å². The summed E-state index contributed by atoms with van der Waals surface area (Å²) in [6.07, 6.45) is -3.67. The number of aromatic nitrogens is 2. The molecule has 0 saturated carbocycles. The number of alkyl halides is 3. The van der Waals surface area contributed by atoms with Gasteiger partial charge in [0.2, 0.25) is 0 Å². The van der Waals surface area contributed by atoms with Crippen LogP contribution in [0.2, 0.25) is 0 Å². The highest BCUT2D eigenvalue weighted by Crippen LogP contribution is 2.38. The lowest BCUT2D eigenvalue weighted by molar-refractivity contribution is -0.136. The normalized spacial score (nSPS) is 11.7. The topological polar surface area (TPSA) is 17.8 Å². The second-order valence-electron chi connectivity index (χ2n) is 8.05. The Morgan fingerprint density at radius 1 is 0.636 bits per heavy atom. The molecule has 0 bridgehead atoms. The van der Waals surface area contributed by atoms with Crippen molar-refractivity contribution < 1.29 is 13.2 Å². The van der Waals surface area contributed by atoms with Crippen molar-refractivity contribution in [3.8, 4) is 11.3 Å². The maximum atomic E-state index is 13.7. The van der Waals surface area contributed by atoms with Crippen molar-refractivity contribution >= 4 is 10.9 Å². The molecule has 0 N–H and O–H groups in total. The molecule has 0 aliphatic carbocycles. The molecule has 0 saturated heterocycles. The molecule has 0 spiro atoms. The van der Waals surface area contributed by atoms with Gasteiger partial charge in [0.05, 0.1) is 17.8 Å². The van der Waals surface area contributed by atoms with E-state index in [1.54, 1.807) is 10.7 Å². The van der Waals surface area contributed by atoms with Crippen LogP contribution in [0.5, 0.6) is 0 Å². The number of rotatable bonds is 5. The van der Waals surface area contributed by atoms with Crippen molar-refractivity contribution in [1.29, 1.82) is 0 Å². The summed E-state index contributed by atoms with van der Waals surface area (Å²) in [7, 11) is 0. The van der Waals surface area contributed by atoms with Crippen LogP contribution in [0.1, 0.15) is 22.3 Å². The van der Waals surface area contributed by atoms with Crippen LogP contribution in [0.3, 0.4) is 0 Å². The largest absolute Gasteiger partial charge is 0.418 e. The van der Waals surface area contributed by atoms with Crippen LogP contribution >= 0.6 is 0 Å². The summed E-state index contributed by atoms with van der Waals surface area (Å²) in [5, 5.41) is 4.93. The Kier molecular flexibility index (Phi) is 5.47. The van der Waals surface area contributed by atoms with E-state index < -0.39 is 11.7 Å². The monoisotopic (exact) mass is 442 g/mol. The molecule has 5 heteroatoms. The Morgan fingerprint density at radius 3 is 1.88 bits per heavy atom. The van der Waals surface area contributed by atoms with Crippen molar-refractivity contribution in [1.82, 2.24) is 9.78 Å². The number of fused-ring (bicyclic) bond motifs is 1. The summed E-state index contributed by atoms with van der Waals surface area (Å²) in [4.78, 5) is 0. The van der Waals surface area contributed by atoms with Crippen molar-refractivity contribution in [3.05, 3.63) is 125 Å². The number of halogens is 3. The van der Waals surface area contributed by atoms with Gasteiger partial charge in [-0.2, -0.15) is 18.3 Å². The Bertz CT molecular complexity index is 1370. The predicted molar refractivity (Wildman–Crippen MR) is 125 cm³/mol. The second kappa shape index (κ2) is 8.58. The highest BCUT2D eigenvalue weighted by Gasteiger charge is 2.34. The number of hydrogen-bond donors (Lipinski definition) is 0. The zero-order valence-corrected chi connectivity index (χ0v) is 17.8. The van der Waals surface area contributed by atoms with E-state index in [4.69, 9.17) is 0 Å². The summed E-state index contributed by atoms with van der Waals surface area (Å²) in [5.41, 5.74) is 4.11. The first kappa shape index (κ1) is 21.0. The minimum Gasteiger partial charge on any atom is -0.259 e. The molecule has 1 aromatic heterocycles. The smallest absolute Gasteiger partial charge is 0.259 e. The quantitative estimate of drug-likeness (QED) is 0.278. The summed E-state index contributed by atoms with van der Waals surface area (Å²) in [5.74, 6) is 0. The lowest BCUT2D eigenvalue weighted by Crippen LogP contribution is -2.06. The molecular formula is C28H21F3N2.